The average Bonchev–Trinajstić information content (AvgIpc) is 2.33. The summed E-state index contributed by atoms with van der Waals surface area (Å²) in [7, 11) is 1.71. The highest BCUT2D eigenvalue weighted by molar-refractivity contribution is 5.41. The number of hydrogen-bond donors (Lipinski definition) is 1. The summed E-state index contributed by atoms with van der Waals surface area (Å²) < 4.78 is 5.38. The predicted molar refractivity (Wildman–Crippen MR) is 69.3 cm³/mol. The monoisotopic (exact) mass is 232 g/mol. The maximum absolute atomic E-state index is 8.42. The minimum atomic E-state index is 0.560. The van der Waals surface area contributed by atoms with Crippen LogP contribution in [0.4, 0.5) is 0 Å². The van der Waals surface area contributed by atoms with Crippen molar-refractivity contribution in [1.29, 1.82) is 5.26 Å². The summed E-state index contributed by atoms with van der Waals surface area (Å²) >= 11 is 0. The molecule has 1 aromatic rings. The van der Waals surface area contributed by atoms with Crippen molar-refractivity contribution in [1.82, 2.24) is 5.32 Å². The Hall–Kier alpha value is -1.53. The van der Waals surface area contributed by atoms with E-state index in [1.54, 1.807) is 7.11 Å². The van der Waals surface area contributed by atoms with Gasteiger partial charge in [-0.15, -0.1) is 0 Å². The van der Waals surface area contributed by atoms with Crippen molar-refractivity contribution >= 4 is 0 Å². The first-order valence-electron chi connectivity index (χ1n) is 5.90. The molecular weight excluding hydrogens is 212 g/mol. The van der Waals surface area contributed by atoms with Crippen LogP contribution >= 0.6 is 0 Å². The van der Waals surface area contributed by atoms with Gasteiger partial charge in [-0.3, -0.25) is 0 Å². The molecule has 0 aliphatic heterocycles. The Kier molecular flexibility index (Phi) is 5.51. The lowest BCUT2D eigenvalue weighted by Crippen LogP contribution is -2.18. The van der Waals surface area contributed by atoms with E-state index in [2.05, 4.69) is 37.4 Å². The van der Waals surface area contributed by atoms with Gasteiger partial charge in [-0.05, 0) is 49.6 Å². The van der Waals surface area contributed by atoms with Crippen molar-refractivity contribution in [2.45, 2.75) is 26.7 Å². The van der Waals surface area contributed by atoms with Gasteiger partial charge in [0.1, 0.15) is 5.75 Å². The normalized spacial score (nSPS) is 10.0. The van der Waals surface area contributed by atoms with Gasteiger partial charge < -0.3 is 10.1 Å². The second-order valence-electron chi connectivity index (χ2n) is 4.16. The van der Waals surface area contributed by atoms with Crippen molar-refractivity contribution in [3.63, 3.8) is 0 Å². The number of nitrogens with one attached hydrogen (secondary N) is 1. The van der Waals surface area contributed by atoms with E-state index in [1.165, 1.54) is 16.7 Å². The zero-order chi connectivity index (χ0) is 12.7. The van der Waals surface area contributed by atoms with Crippen molar-refractivity contribution < 1.29 is 4.74 Å². The molecule has 17 heavy (non-hydrogen) atoms. The minimum absolute atomic E-state index is 0.560. The predicted octanol–water partition coefficient (Wildman–Crippen LogP) is 2.36. The number of nitrogens with zero attached hydrogens (tertiary/aromatic N) is 1. The van der Waals surface area contributed by atoms with Crippen LogP contribution in [0.2, 0.25) is 0 Å². The maximum atomic E-state index is 8.42. The van der Waals surface area contributed by atoms with Gasteiger partial charge in [-0.25, -0.2) is 0 Å². The van der Waals surface area contributed by atoms with Crippen LogP contribution in [0.15, 0.2) is 12.1 Å². The van der Waals surface area contributed by atoms with Gasteiger partial charge in [0.05, 0.1) is 13.2 Å². The third-order valence-electron chi connectivity index (χ3n) is 2.88. The molecule has 0 heterocycles. The van der Waals surface area contributed by atoms with Crippen LogP contribution in [0.1, 0.15) is 23.1 Å². The van der Waals surface area contributed by atoms with E-state index in [-0.39, 0.29) is 0 Å². The first kappa shape index (κ1) is 13.5. The zero-order valence-electron chi connectivity index (χ0n) is 10.8. The highest BCUT2D eigenvalue weighted by Gasteiger charge is 2.05. The topological polar surface area (TPSA) is 45.0 Å². The van der Waals surface area contributed by atoms with Crippen molar-refractivity contribution in [2.24, 2.45) is 0 Å². The largest absolute Gasteiger partial charge is 0.496 e. The molecule has 0 unspecified atom stereocenters. The number of ether oxygens (including phenoxy) is 1. The molecule has 0 aliphatic carbocycles. The summed E-state index contributed by atoms with van der Waals surface area (Å²) in [6.45, 7) is 5.83. The molecular formula is C14H20N2O. The first-order chi connectivity index (χ1) is 8.19. The Morgan fingerprint density at radius 3 is 2.59 bits per heavy atom. The molecule has 0 atom stereocenters. The molecule has 1 N–H and O–H groups in total. The quantitative estimate of drug-likeness (QED) is 0.766. The first-order valence-corrected chi connectivity index (χ1v) is 5.90. The number of benzene rings is 1. The number of hydrogen-bond acceptors (Lipinski definition) is 3. The van der Waals surface area contributed by atoms with E-state index in [1.807, 2.05) is 0 Å². The molecule has 3 heteroatoms. The van der Waals surface area contributed by atoms with Gasteiger partial charge in [0, 0.05) is 13.0 Å². The van der Waals surface area contributed by atoms with E-state index in [0.717, 1.165) is 25.3 Å². The van der Waals surface area contributed by atoms with E-state index in [0.29, 0.717) is 6.42 Å². The van der Waals surface area contributed by atoms with Crippen LogP contribution in [0.25, 0.3) is 0 Å². The maximum Gasteiger partial charge on any atom is 0.122 e. The Balaban J connectivity index is 2.58. The van der Waals surface area contributed by atoms with Crippen LogP contribution in [0.5, 0.6) is 5.75 Å². The summed E-state index contributed by atoms with van der Waals surface area (Å²) in [4.78, 5) is 0. The molecule has 3 nitrogen and oxygen atoms in total. The number of aryl methyl sites for hydroxylation is 2. The fourth-order valence-corrected chi connectivity index (χ4v) is 1.73. The third-order valence-corrected chi connectivity index (χ3v) is 2.88. The van der Waals surface area contributed by atoms with Crippen LogP contribution < -0.4 is 10.1 Å². The zero-order valence-corrected chi connectivity index (χ0v) is 10.8. The van der Waals surface area contributed by atoms with Gasteiger partial charge in [-0.1, -0.05) is 6.07 Å². The summed E-state index contributed by atoms with van der Waals surface area (Å²) in [5.74, 6) is 0.954. The lowest BCUT2D eigenvalue weighted by Gasteiger charge is -2.12. The van der Waals surface area contributed by atoms with Crippen molar-refractivity contribution in [2.75, 3.05) is 20.2 Å². The van der Waals surface area contributed by atoms with Gasteiger partial charge in [-0.2, -0.15) is 5.26 Å². The summed E-state index contributed by atoms with van der Waals surface area (Å²) in [6, 6.07) is 6.38. The Labute approximate surface area is 103 Å². The summed E-state index contributed by atoms with van der Waals surface area (Å²) in [6.07, 6.45) is 1.49. The molecule has 0 saturated heterocycles. The van der Waals surface area contributed by atoms with Crippen LogP contribution in [0.3, 0.4) is 0 Å². The van der Waals surface area contributed by atoms with Crippen molar-refractivity contribution in [3.8, 4) is 11.8 Å². The van der Waals surface area contributed by atoms with Crippen LogP contribution in [0, 0.1) is 25.2 Å². The van der Waals surface area contributed by atoms with E-state index in [4.69, 9.17) is 10.00 Å². The van der Waals surface area contributed by atoms with Gasteiger partial charge in [0.25, 0.3) is 0 Å². The Morgan fingerprint density at radius 1 is 1.24 bits per heavy atom. The summed E-state index contributed by atoms with van der Waals surface area (Å²) in [5, 5.41) is 11.7. The molecule has 0 fully saturated rings. The van der Waals surface area contributed by atoms with Crippen molar-refractivity contribution in [3.05, 3.63) is 28.8 Å². The lowest BCUT2D eigenvalue weighted by atomic mass is 10.0. The second-order valence-corrected chi connectivity index (χ2v) is 4.16. The lowest BCUT2D eigenvalue weighted by molar-refractivity contribution is 0.408. The Bertz CT molecular complexity index is 407. The smallest absolute Gasteiger partial charge is 0.122 e. The molecule has 0 spiro atoms. The molecule has 0 amide bonds. The van der Waals surface area contributed by atoms with Crippen LogP contribution in [-0.4, -0.2) is 20.2 Å². The fourth-order valence-electron chi connectivity index (χ4n) is 1.73. The third kappa shape index (κ3) is 4.08. The van der Waals surface area contributed by atoms with Gasteiger partial charge in [0.2, 0.25) is 0 Å². The van der Waals surface area contributed by atoms with Gasteiger partial charge in [0.15, 0.2) is 0 Å². The fraction of sp³-hybridized carbons (Fsp3) is 0.500. The van der Waals surface area contributed by atoms with E-state index >= 15 is 0 Å². The van der Waals surface area contributed by atoms with E-state index < -0.39 is 0 Å². The van der Waals surface area contributed by atoms with Crippen LogP contribution in [-0.2, 0) is 6.42 Å². The SMILES string of the molecule is COc1cc(C)c(C)cc1CCNCCC#N. The Morgan fingerprint density at radius 2 is 1.94 bits per heavy atom. The molecule has 92 valence electrons. The average molecular weight is 232 g/mol. The van der Waals surface area contributed by atoms with Gasteiger partial charge >= 0.3 is 0 Å². The molecule has 1 aromatic carbocycles. The molecule has 1 rings (SSSR count). The number of nitriles is 1. The standard InChI is InChI=1S/C14H20N2O/c1-11-9-13(5-8-16-7-4-6-15)14(17-3)10-12(11)2/h9-10,16H,4-5,7-8H2,1-3H3. The molecule has 0 saturated carbocycles. The highest BCUT2D eigenvalue weighted by atomic mass is 16.5. The number of methoxy groups -OCH3 is 1. The minimum Gasteiger partial charge on any atom is -0.496 e. The molecule has 0 aromatic heterocycles. The molecule has 0 radical (unpaired) electrons. The molecule has 0 bridgehead atoms. The van der Waals surface area contributed by atoms with E-state index in [9.17, 15) is 0 Å². The number of rotatable bonds is 6. The highest BCUT2D eigenvalue weighted by Crippen LogP contribution is 2.23. The molecule has 0 aliphatic rings. The summed E-state index contributed by atoms with van der Waals surface area (Å²) in [5.41, 5.74) is 3.76. The second kappa shape index (κ2) is 6.93.